The Hall–Kier alpha value is -2.50. The first-order valence-electron chi connectivity index (χ1n) is 12.1. The van der Waals surface area contributed by atoms with E-state index in [2.05, 4.69) is 35.4 Å². The number of phenolic OH excluding ortho intramolecular Hbond substituents is 1. The summed E-state index contributed by atoms with van der Waals surface area (Å²) in [5, 5.41) is 28.5. The van der Waals surface area contributed by atoms with Crippen LogP contribution >= 0.6 is 0 Å². The van der Waals surface area contributed by atoms with E-state index in [1.54, 1.807) is 6.07 Å². The van der Waals surface area contributed by atoms with Crippen molar-refractivity contribution in [3.05, 3.63) is 58.8 Å². The number of hydrogen-bond donors (Lipinski definition) is 4. The zero-order valence-electron chi connectivity index (χ0n) is 18.4. The van der Waals surface area contributed by atoms with Gasteiger partial charge in [-0.3, -0.25) is 0 Å². The van der Waals surface area contributed by atoms with Crippen molar-refractivity contribution in [3.63, 3.8) is 0 Å². The lowest BCUT2D eigenvalue weighted by Gasteiger charge is -2.57. The molecule has 5 nitrogen and oxygen atoms in total. The second-order valence-electron chi connectivity index (χ2n) is 10.4. The lowest BCUT2D eigenvalue weighted by Crippen LogP contribution is -2.70. The molecule has 2 heterocycles. The van der Waals surface area contributed by atoms with Crippen molar-refractivity contribution >= 4 is 10.9 Å². The van der Waals surface area contributed by atoms with Crippen molar-refractivity contribution in [1.29, 1.82) is 0 Å². The predicted molar refractivity (Wildman–Crippen MR) is 123 cm³/mol. The molecule has 1 saturated carbocycles. The topological polar surface area (TPSA) is 77.5 Å². The van der Waals surface area contributed by atoms with Crippen molar-refractivity contribution in [2.75, 3.05) is 6.54 Å². The Morgan fingerprint density at radius 2 is 2.03 bits per heavy atom. The van der Waals surface area contributed by atoms with Crippen LogP contribution in [0, 0.1) is 5.92 Å². The van der Waals surface area contributed by atoms with E-state index in [1.165, 1.54) is 18.4 Å². The Morgan fingerprint density at radius 1 is 1.19 bits per heavy atom. The summed E-state index contributed by atoms with van der Waals surface area (Å²) in [7, 11) is 0. The molecule has 0 unspecified atom stereocenters. The first-order chi connectivity index (χ1) is 15.6. The molecule has 1 fully saturated rings. The molecule has 0 spiro atoms. The van der Waals surface area contributed by atoms with Gasteiger partial charge < -0.3 is 25.3 Å². The van der Waals surface area contributed by atoms with E-state index in [4.69, 9.17) is 4.74 Å². The number of fused-ring (bicyclic) bond motifs is 4. The molecule has 5 heteroatoms. The van der Waals surface area contributed by atoms with Crippen LogP contribution < -0.4 is 10.1 Å². The van der Waals surface area contributed by atoms with Gasteiger partial charge in [0.15, 0.2) is 17.6 Å². The van der Waals surface area contributed by atoms with Crippen molar-refractivity contribution in [1.82, 2.24) is 10.3 Å². The maximum atomic E-state index is 12.8. The van der Waals surface area contributed by atoms with Crippen LogP contribution in [0.1, 0.15) is 61.1 Å². The second-order valence-corrected chi connectivity index (χ2v) is 10.4. The molecule has 7 rings (SSSR count). The lowest BCUT2D eigenvalue weighted by molar-refractivity contribution is -0.119. The molecule has 4 aliphatic rings. The zero-order valence-corrected chi connectivity index (χ0v) is 18.4. The van der Waals surface area contributed by atoms with Crippen LogP contribution in [0.5, 0.6) is 11.5 Å². The molecule has 2 aromatic carbocycles. The quantitative estimate of drug-likeness (QED) is 0.488. The Labute approximate surface area is 187 Å². The van der Waals surface area contributed by atoms with E-state index in [1.807, 2.05) is 12.1 Å². The molecule has 166 valence electrons. The normalized spacial score (nSPS) is 31.9. The lowest BCUT2D eigenvalue weighted by atomic mass is 9.50. The minimum absolute atomic E-state index is 0.0504. The number of aromatic hydroxyl groups is 1. The number of aromatic amines is 1. The number of benzene rings is 2. The number of rotatable bonds is 5. The summed E-state index contributed by atoms with van der Waals surface area (Å²) < 4.78 is 6.63. The van der Waals surface area contributed by atoms with E-state index in [0.29, 0.717) is 12.2 Å². The number of H-pyrrole nitrogens is 1. The predicted octanol–water partition coefficient (Wildman–Crippen LogP) is 4.26. The van der Waals surface area contributed by atoms with Crippen LogP contribution in [0.25, 0.3) is 10.9 Å². The third-order valence-corrected chi connectivity index (χ3v) is 8.67. The van der Waals surface area contributed by atoms with Crippen molar-refractivity contribution < 1.29 is 14.9 Å². The van der Waals surface area contributed by atoms with Gasteiger partial charge in [0.1, 0.15) is 0 Å². The molecule has 1 aliphatic heterocycles. The van der Waals surface area contributed by atoms with Crippen LogP contribution in [0.3, 0.4) is 0 Å². The molecule has 4 N–H and O–H groups in total. The highest BCUT2D eigenvalue weighted by Crippen LogP contribution is 2.67. The van der Waals surface area contributed by atoms with E-state index in [9.17, 15) is 10.2 Å². The van der Waals surface area contributed by atoms with E-state index in [-0.39, 0.29) is 17.9 Å². The SMILES string of the molecule is CCC[C@]12c3c4ccc(O)c3O[C@H]1c1[nH]c3ccccc3c1C[C@@]2(O)[C@H](NCC1CC1)C4. The monoisotopic (exact) mass is 430 g/mol. The number of ether oxygens (including phenoxy) is 1. The van der Waals surface area contributed by atoms with Gasteiger partial charge in [0.2, 0.25) is 0 Å². The molecule has 3 aromatic rings. The van der Waals surface area contributed by atoms with Gasteiger partial charge in [-0.25, -0.2) is 0 Å². The molecule has 32 heavy (non-hydrogen) atoms. The average molecular weight is 431 g/mol. The Bertz CT molecular complexity index is 1250. The van der Waals surface area contributed by atoms with Crippen molar-refractivity contribution in [2.45, 2.75) is 68.6 Å². The molecule has 0 saturated heterocycles. The van der Waals surface area contributed by atoms with E-state index in [0.717, 1.165) is 59.4 Å². The van der Waals surface area contributed by atoms with Crippen LogP contribution in [-0.2, 0) is 18.3 Å². The number of phenols is 1. The second kappa shape index (κ2) is 6.30. The highest BCUT2D eigenvalue weighted by Gasteiger charge is 2.70. The highest BCUT2D eigenvalue weighted by molar-refractivity contribution is 5.86. The molecule has 0 amide bonds. The van der Waals surface area contributed by atoms with Gasteiger partial charge in [-0.15, -0.1) is 0 Å². The molecule has 0 radical (unpaired) electrons. The molecule has 1 aromatic heterocycles. The molecule has 0 bridgehead atoms. The number of aromatic nitrogens is 1. The van der Waals surface area contributed by atoms with Crippen LogP contribution in [0.4, 0.5) is 0 Å². The van der Waals surface area contributed by atoms with Gasteiger partial charge in [-0.05, 0) is 61.4 Å². The highest BCUT2D eigenvalue weighted by atomic mass is 16.5. The fraction of sp³-hybridized carbons (Fsp3) is 0.481. The first-order valence-corrected chi connectivity index (χ1v) is 12.1. The summed E-state index contributed by atoms with van der Waals surface area (Å²) in [6.07, 6.45) is 5.32. The third kappa shape index (κ3) is 2.21. The Balaban J connectivity index is 1.51. The maximum absolute atomic E-state index is 12.8. The molecule has 4 atom stereocenters. The van der Waals surface area contributed by atoms with Gasteiger partial charge >= 0.3 is 0 Å². The minimum Gasteiger partial charge on any atom is -0.504 e. The number of aliphatic hydroxyl groups is 1. The van der Waals surface area contributed by atoms with Crippen LogP contribution in [0.15, 0.2) is 36.4 Å². The smallest absolute Gasteiger partial charge is 0.166 e. The Morgan fingerprint density at radius 3 is 2.84 bits per heavy atom. The number of para-hydroxylation sites is 1. The Kier molecular flexibility index (Phi) is 3.74. The summed E-state index contributed by atoms with van der Waals surface area (Å²) in [6.45, 7) is 3.14. The van der Waals surface area contributed by atoms with E-state index >= 15 is 0 Å². The van der Waals surface area contributed by atoms with Gasteiger partial charge in [0, 0.05) is 28.9 Å². The summed E-state index contributed by atoms with van der Waals surface area (Å²) in [5.74, 6) is 1.49. The first kappa shape index (κ1) is 19.0. The fourth-order valence-corrected chi connectivity index (χ4v) is 7.11. The summed E-state index contributed by atoms with van der Waals surface area (Å²) in [6, 6.07) is 12.1. The van der Waals surface area contributed by atoms with Crippen LogP contribution in [-0.4, -0.2) is 33.4 Å². The fourth-order valence-electron chi connectivity index (χ4n) is 7.11. The van der Waals surface area contributed by atoms with Gasteiger partial charge in [-0.1, -0.05) is 37.6 Å². The van der Waals surface area contributed by atoms with E-state index < -0.39 is 11.0 Å². The van der Waals surface area contributed by atoms with Crippen LogP contribution in [0.2, 0.25) is 0 Å². The molecular weight excluding hydrogens is 400 g/mol. The average Bonchev–Trinajstić information content (AvgIpc) is 3.45. The maximum Gasteiger partial charge on any atom is 0.166 e. The molecular formula is C27H30N2O3. The number of hydrogen-bond acceptors (Lipinski definition) is 4. The van der Waals surface area contributed by atoms with Gasteiger partial charge in [-0.2, -0.15) is 0 Å². The summed E-state index contributed by atoms with van der Waals surface area (Å²) >= 11 is 0. The third-order valence-electron chi connectivity index (χ3n) is 8.67. The zero-order chi connectivity index (χ0) is 21.7. The van der Waals surface area contributed by atoms with Crippen molar-refractivity contribution in [3.8, 4) is 11.5 Å². The van der Waals surface area contributed by atoms with Gasteiger partial charge in [0.25, 0.3) is 0 Å². The minimum atomic E-state index is -0.993. The standard InChI is InChI=1S/C27H30N2O3/c1-2-11-26-22-16-9-10-20(30)24(22)32-25(26)23-18(17-5-3-4-6-19(17)29-23)13-27(26,31)21(12-16)28-14-15-7-8-15/h3-6,9-10,15,21,25,28-31H,2,7-8,11-14H2,1H3/t21-,25+,26+,27-/m1/s1. The molecule has 3 aliphatic carbocycles. The number of nitrogens with one attached hydrogen (secondary N) is 2. The van der Waals surface area contributed by atoms with Gasteiger partial charge in [0.05, 0.1) is 16.7 Å². The summed E-state index contributed by atoms with van der Waals surface area (Å²) in [4.78, 5) is 3.64. The largest absolute Gasteiger partial charge is 0.504 e. The summed E-state index contributed by atoms with van der Waals surface area (Å²) in [5.41, 5.74) is 3.97. The van der Waals surface area contributed by atoms with Crippen molar-refractivity contribution in [2.24, 2.45) is 5.92 Å².